The van der Waals surface area contributed by atoms with Gasteiger partial charge in [-0.05, 0) is 49.1 Å². The van der Waals surface area contributed by atoms with E-state index in [4.69, 9.17) is 0 Å². The van der Waals surface area contributed by atoms with E-state index in [0.29, 0.717) is 17.0 Å². The van der Waals surface area contributed by atoms with Crippen LogP contribution >= 0.6 is 0 Å². The molecule has 3 nitrogen and oxygen atoms in total. The van der Waals surface area contributed by atoms with Crippen LogP contribution < -0.4 is 0 Å². The quantitative estimate of drug-likeness (QED) is 0.624. The first-order valence-corrected chi connectivity index (χ1v) is 9.96. The molecule has 1 unspecified atom stereocenters. The fourth-order valence-corrected chi connectivity index (χ4v) is 4.74. The van der Waals surface area contributed by atoms with Crippen molar-refractivity contribution >= 4 is 9.84 Å². The standard InChI is InChI=1S/C21H21NO2S/c23-25(24,19-13-5-2-6-14-19)21(20-15-7-8-17-22-20)16-9-12-18-10-3-1-4-11-18/h1-8,10-11,13-15,17,21H,9,12,16H2. The highest BCUT2D eigenvalue weighted by molar-refractivity contribution is 7.91. The summed E-state index contributed by atoms with van der Waals surface area (Å²) in [7, 11) is -3.47. The molecule has 3 rings (SSSR count). The van der Waals surface area contributed by atoms with Gasteiger partial charge in [-0.15, -0.1) is 0 Å². The highest BCUT2D eigenvalue weighted by Crippen LogP contribution is 2.32. The molecule has 25 heavy (non-hydrogen) atoms. The van der Waals surface area contributed by atoms with Gasteiger partial charge in [-0.1, -0.05) is 54.6 Å². The summed E-state index contributed by atoms with van der Waals surface area (Å²) in [5, 5.41) is -0.625. The minimum absolute atomic E-state index is 0.352. The number of hydrogen-bond acceptors (Lipinski definition) is 3. The van der Waals surface area contributed by atoms with E-state index in [2.05, 4.69) is 17.1 Å². The zero-order valence-corrected chi connectivity index (χ0v) is 14.8. The molecular formula is C21H21NO2S. The Kier molecular flexibility index (Phi) is 5.61. The molecule has 3 aromatic rings. The van der Waals surface area contributed by atoms with Crippen molar-refractivity contribution in [2.75, 3.05) is 0 Å². The van der Waals surface area contributed by atoms with E-state index in [-0.39, 0.29) is 0 Å². The van der Waals surface area contributed by atoms with Gasteiger partial charge in [0, 0.05) is 6.20 Å². The van der Waals surface area contributed by atoms with Gasteiger partial charge in [0.05, 0.1) is 10.6 Å². The molecule has 0 aliphatic heterocycles. The van der Waals surface area contributed by atoms with Crippen molar-refractivity contribution < 1.29 is 8.42 Å². The first kappa shape index (κ1) is 17.4. The van der Waals surface area contributed by atoms with Crippen molar-refractivity contribution in [3.63, 3.8) is 0 Å². The molecule has 0 N–H and O–H groups in total. The van der Waals surface area contributed by atoms with Gasteiger partial charge in [-0.3, -0.25) is 4.98 Å². The summed E-state index contributed by atoms with van der Waals surface area (Å²) in [6.07, 6.45) is 3.84. The van der Waals surface area contributed by atoms with E-state index in [1.54, 1.807) is 42.6 Å². The van der Waals surface area contributed by atoms with Crippen LogP contribution in [-0.2, 0) is 16.3 Å². The second-order valence-electron chi connectivity index (χ2n) is 5.98. The molecule has 0 saturated carbocycles. The second-order valence-corrected chi connectivity index (χ2v) is 8.11. The Balaban J connectivity index is 1.83. The van der Waals surface area contributed by atoms with Crippen molar-refractivity contribution in [1.29, 1.82) is 0 Å². The molecule has 1 heterocycles. The minimum Gasteiger partial charge on any atom is -0.260 e. The Bertz CT molecular complexity index is 879. The van der Waals surface area contributed by atoms with Gasteiger partial charge in [0.1, 0.15) is 5.25 Å². The summed E-state index contributed by atoms with van der Waals surface area (Å²) in [5.41, 5.74) is 1.83. The molecule has 0 aliphatic carbocycles. The summed E-state index contributed by atoms with van der Waals surface area (Å²) >= 11 is 0. The maximum Gasteiger partial charge on any atom is 0.186 e. The number of rotatable bonds is 7. The molecule has 1 atom stereocenters. The Hall–Kier alpha value is -2.46. The Morgan fingerprint density at radius 3 is 2.08 bits per heavy atom. The number of aryl methyl sites for hydroxylation is 1. The minimum atomic E-state index is -3.47. The molecule has 0 aliphatic rings. The molecule has 0 amide bonds. The van der Waals surface area contributed by atoms with Crippen LogP contribution in [-0.4, -0.2) is 13.4 Å². The molecule has 128 valence electrons. The molecule has 0 spiro atoms. The monoisotopic (exact) mass is 351 g/mol. The first-order valence-electron chi connectivity index (χ1n) is 8.42. The third-order valence-corrected chi connectivity index (χ3v) is 6.39. The van der Waals surface area contributed by atoms with E-state index in [1.165, 1.54) is 5.56 Å². The van der Waals surface area contributed by atoms with Crippen molar-refractivity contribution in [3.8, 4) is 0 Å². The smallest absolute Gasteiger partial charge is 0.186 e. The molecule has 0 bridgehead atoms. The van der Waals surface area contributed by atoms with Crippen molar-refractivity contribution in [3.05, 3.63) is 96.3 Å². The summed E-state index contributed by atoms with van der Waals surface area (Å²) in [5.74, 6) is 0. The Morgan fingerprint density at radius 1 is 0.800 bits per heavy atom. The lowest BCUT2D eigenvalue weighted by Crippen LogP contribution is -2.15. The van der Waals surface area contributed by atoms with Crippen LogP contribution in [0.1, 0.15) is 29.3 Å². The van der Waals surface area contributed by atoms with Crippen LogP contribution in [0.2, 0.25) is 0 Å². The van der Waals surface area contributed by atoms with Crippen LogP contribution in [0.3, 0.4) is 0 Å². The predicted molar refractivity (Wildman–Crippen MR) is 100.0 cm³/mol. The van der Waals surface area contributed by atoms with Crippen molar-refractivity contribution in [1.82, 2.24) is 4.98 Å². The number of nitrogens with zero attached hydrogens (tertiary/aromatic N) is 1. The Labute approximate surface area is 149 Å². The van der Waals surface area contributed by atoms with Crippen molar-refractivity contribution in [2.24, 2.45) is 0 Å². The lowest BCUT2D eigenvalue weighted by atomic mass is 10.1. The summed E-state index contributed by atoms with van der Waals surface area (Å²) in [6.45, 7) is 0. The Morgan fingerprint density at radius 2 is 1.44 bits per heavy atom. The molecule has 1 aromatic heterocycles. The first-order chi connectivity index (χ1) is 12.2. The van der Waals surface area contributed by atoms with Crippen LogP contribution in [0, 0.1) is 0 Å². The lowest BCUT2D eigenvalue weighted by molar-refractivity contribution is 0.567. The van der Waals surface area contributed by atoms with Gasteiger partial charge < -0.3 is 0 Å². The lowest BCUT2D eigenvalue weighted by Gasteiger charge is -2.17. The highest BCUT2D eigenvalue weighted by Gasteiger charge is 2.29. The predicted octanol–water partition coefficient (Wildman–Crippen LogP) is 4.62. The summed E-state index contributed by atoms with van der Waals surface area (Å²) in [6, 6.07) is 24.2. The van der Waals surface area contributed by atoms with Gasteiger partial charge in [0.15, 0.2) is 9.84 Å². The second kappa shape index (κ2) is 8.08. The summed E-state index contributed by atoms with van der Waals surface area (Å²) in [4.78, 5) is 4.67. The number of benzene rings is 2. The van der Waals surface area contributed by atoms with Gasteiger partial charge in [0.25, 0.3) is 0 Å². The number of aromatic nitrogens is 1. The van der Waals surface area contributed by atoms with Gasteiger partial charge in [-0.2, -0.15) is 0 Å². The van der Waals surface area contributed by atoms with E-state index < -0.39 is 15.1 Å². The van der Waals surface area contributed by atoms with Crippen LogP contribution in [0.4, 0.5) is 0 Å². The third kappa shape index (κ3) is 4.34. The molecule has 2 aromatic carbocycles. The maximum absolute atomic E-state index is 13.1. The average Bonchev–Trinajstić information content (AvgIpc) is 2.67. The zero-order chi connectivity index (χ0) is 17.5. The van der Waals surface area contributed by atoms with Gasteiger partial charge in [0.2, 0.25) is 0 Å². The summed E-state index contributed by atoms with van der Waals surface area (Å²) < 4.78 is 26.3. The molecule has 0 saturated heterocycles. The fourth-order valence-electron chi connectivity index (χ4n) is 2.94. The fraction of sp³-hybridized carbons (Fsp3) is 0.190. The average molecular weight is 351 g/mol. The third-order valence-electron chi connectivity index (χ3n) is 4.24. The largest absolute Gasteiger partial charge is 0.260 e. The highest BCUT2D eigenvalue weighted by atomic mass is 32.2. The number of pyridine rings is 1. The number of sulfone groups is 1. The number of hydrogen-bond donors (Lipinski definition) is 0. The van der Waals surface area contributed by atoms with Gasteiger partial charge in [-0.25, -0.2) is 8.42 Å². The molecular weight excluding hydrogens is 330 g/mol. The maximum atomic E-state index is 13.1. The van der Waals surface area contributed by atoms with Crippen LogP contribution in [0.15, 0.2) is 90.0 Å². The van der Waals surface area contributed by atoms with Crippen LogP contribution in [0.25, 0.3) is 0 Å². The van der Waals surface area contributed by atoms with Crippen molar-refractivity contribution in [2.45, 2.75) is 29.4 Å². The van der Waals surface area contributed by atoms with Crippen LogP contribution in [0.5, 0.6) is 0 Å². The van der Waals surface area contributed by atoms with E-state index in [1.807, 2.05) is 30.3 Å². The molecule has 0 fully saturated rings. The normalized spacial score (nSPS) is 12.6. The molecule has 4 heteroatoms. The van der Waals surface area contributed by atoms with Gasteiger partial charge >= 0.3 is 0 Å². The van der Waals surface area contributed by atoms with E-state index >= 15 is 0 Å². The van der Waals surface area contributed by atoms with E-state index in [0.717, 1.165) is 12.8 Å². The topological polar surface area (TPSA) is 47.0 Å². The van der Waals surface area contributed by atoms with E-state index in [9.17, 15) is 8.42 Å². The molecule has 0 radical (unpaired) electrons. The zero-order valence-electron chi connectivity index (χ0n) is 14.0. The SMILES string of the molecule is O=S(=O)(c1ccccc1)C(CCCc1ccccc1)c1ccccn1.